The summed E-state index contributed by atoms with van der Waals surface area (Å²) in [7, 11) is 1.58. The van der Waals surface area contributed by atoms with E-state index in [1.165, 1.54) is 0 Å². The van der Waals surface area contributed by atoms with Crippen LogP contribution in [0.5, 0.6) is 11.5 Å². The van der Waals surface area contributed by atoms with Gasteiger partial charge in [-0.2, -0.15) is 0 Å². The molecule has 0 aliphatic carbocycles. The number of nitrogens with zero attached hydrogens (tertiary/aromatic N) is 2. The molecule has 0 radical (unpaired) electrons. The molecule has 3 aliphatic rings. The predicted molar refractivity (Wildman–Crippen MR) is 278 cm³/mol. The molecular formula is C61H54N4O9. The second-order valence-electron chi connectivity index (χ2n) is 18.5. The number of hydrogen-bond donors (Lipinski definition) is 4. The number of morpholine rings is 1. The second-order valence-corrected chi connectivity index (χ2v) is 18.5. The number of methoxy groups -OCH3 is 1. The van der Waals surface area contributed by atoms with Gasteiger partial charge >= 0.3 is 12.0 Å². The molecule has 1 spiro atoms. The van der Waals surface area contributed by atoms with Crippen LogP contribution < -0.4 is 25.0 Å². The average Bonchev–Trinajstić information content (AvgIpc) is 4.09. The van der Waals surface area contributed by atoms with Gasteiger partial charge in [-0.25, -0.2) is 9.69 Å². The minimum atomic E-state index is -2.15. The fourth-order valence-electron chi connectivity index (χ4n) is 10.9. The van der Waals surface area contributed by atoms with E-state index in [0.717, 1.165) is 10.5 Å². The van der Waals surface area contributed by atoms with E-state index in [4.69, 9.17) is 14.2 Å². The largest absolute Gasteiger partial charge is 0.497 e. The standard InChI is InChI=1S/C61H54N4O9/c1-39(42-17-7-3-8-18-42)63-60(71)64-49-34-31-41(28-27-40-29-32-46(72-2)33-30-40)37-48(49)61(59(64)70)52(57(68)62-38-50(67)43-19-9-4-10-20-43)54-58(69)74-55(45-23-13-6-14-24-45)53(44-21-11-5-12-22-44)65(54)56(61)47-25-15-16-26-51(47)73-36-35-66/h3-26,29-34,37,39,50,52-56,66-67H,35-36,38H2,1-2H3,(H,62,68)(H,63,71)/t39-,50+,52-,53-,54-,55+,56+,61-/m1/s1. The minimum absolute atomic E-state index is 0.125. The summed E-state index contributed by atoms with van der Waals surface area (Å²) in [4.78, 5) is 66.7. The number of esters is 1. The Kier molecular flexibility index (Phi) is 14.1. The molecule has 7 aromatic carbocycles. The smallest absolute Gasteiger partial charge is 0.329 e. The number of imide groups is 1. The summed E-state index contributed by atoms with van der Waals surface area (Å²) >= 11 is 0. The van der Waals surface area contributed by atoms with Crippen LogP contribution in [0.1, 0.15) is 81.8 Å². The van der Waals surface area contributed by atoms with Crippen LogP contribution in [0, 0.1) is 17.8 Å². The third-order valence-corrected chi connectivity index (χ3v) is 14.2. The van der Waals surface area contributed by atoms with Crippen molar-refractivity contribution in [2.45, 2.75) is 48.7 Å². The van der Waals surface area contributed by atoms with E-state index in [2.05, 4.69) is 22.5 Å². The molecule has 2 fully saturated rings. The number of amides is 4. The lowest BCUT2D eigenvalue weighted by molar-refractivity contribution is -0.178. The number of hydrogen-bond acceptors (Lipinski definition) is 10. The number of urea groups is 1. The number of rotatable bonds is 13. The van der Waals surface area contributed by atoms with Crippen LogP contribution >= 0.6 is 0 Å². The van der Waals surface area contributed by atoms with Gasteiger partial charge in [-0.3, -0.25) is 19.3 Å². The second kappa shape index (κ2) is 21.3. The fraction of sp³-hybridized carbons (Fsp3) is 0.213. The molecule has 2 saturated heterocycles. The Morgan fingerprint density at radius 1 is 0.730 bits per heavy atom. The Labute approximate surface area is 429 Å². The Balaban J connectivity index is 1.26. The molecule has 8 atom stereocenters. The van der Waals surface area contributed by atoms with Gasteiger partial charge in [-0.15, -0.1) is 0 Å². The maximum Gasteiger partial charge on any atom is 0.329 e. The highest BCUT2D eigenvalue weighted by Crippen LogP contribution is 2.66. The van der Waals surface area contributed by atoms with Crippen molar-refractivity contribution >= 4 is 29.5 Å². The molecule has 13 nitrogen and oxygen atoms in total. The third kappa shape index (κ3) is 9.04. The number of carbonyl (C=O) groups excluding carboxylic acids is 4. The lowest BCUT2D eigenvalue weighted by Gasteiger charge is -2.46. The molecular weight excluding hydrogens is 933 g/mol. The zero-order valence-electron chi connectivity index (χ0n) is 40.7. The SMILES string of the molecule is COc1ccc(C#Cc2ccc3c(c2)[C@]2(C(=O)N3C(=O)N[C@H](C)c3ccccc3)[C@H](c3ccccc3OCCO)N3[C@H](c4ccccc4)[C@H](c4ccccc4)OC(=O)[C@H]3[C@@H]2C(=O)NC[C@H](O)c2ccccc2)cc1. The number of aliphatic hydroxyl groups is 2. The van der Waals surface area contributed by atoms with E-state index in [-0.39, 0.29) is 36.8 Å². The first-order valence-electron chi connectivity index (χ1n) is 24.6. The average molecular weight is 987 g/mol. The molecule has 3 heterocycles. The van der Waals surface area contributed by atoms with Crippen LogP contribution in [0.15, 0.2) is 188 Å². The van der Waals surface area contributed by atoms with E-state index < -0.39 is 71.5 Å². The van der Waals surface area contributed by atoms with Crippen molar-refractivity contribution in [2.75, 3.05) is 31.8 Å². The molecule has 7 aromatic rings. The Morgan fingerprint density at radius 2 is 1.32 bits per heavy atom. The predicted octanol–water partition coefficient (Wildman–Crippen LogP) is 8.45. The molecule has 74 heavy (non-hydrogen) atoms. The van der Waals surface area contributed by atoms with Gasteiger partial charge < -0.3 is 35.1 Å². The molecule has 372 valence electrons. The van der Waals surface area contributed by atoms with Crippen LogP contribution in [0.25, 0.3) is 0 Å². The molecule has 0 bridgehead atoms. The van der Waals surface area contributed by atoms with E-state index in [1.807, 2.05) is 121 Å². The molecule has 4 N–H and O–H groups in total. The summed E-state index contributed by atoms with van der Waals surface area (Å²) in [6.45, 7) is 1.06. The summed E-state index contributed by atoms with van der Waals surface area (Å²) in [6, 6.07) is 51.3. The molecule has 0 unspecified atom stereocenters. The number of nitrogens with one attached hydrogen (secondary N) is 2. The van der Waals surface area contributed by atoms with Crippen molar-refractivity contribution < 1.29 is 43.6 Å². The van der Waals surface area contributed by atoms with E-state index in [9.17, 15) is 10.2 Å². The van der Waals surface area contributed by atoms with Crippen LogP contribution in [0.2, 0.25) is 0 Å². The van der Waals surface area contributed by atoms with Crippen LogP contribution in [-0.4, -0.2) is 71.8 Å². The first-order chi connectivity index (χ1) is 36.1. The maximum absolute atomic E-state index is 16.9. The number of para-hydroxylation sites is 1. The molecule has 10 rings (SSSR count). The highest BCUT2D eigenvalue weighted by Gasteiger charge is 2.76. The van der Waals surface area contributed by atoms with Crippen molar-refractivity contribution in [3.63, 3.8) is 0 Å². The summed E-state index contributed by atoms with van der Waals surface area (Å²) in [6.07, 6.45) is -2.15. The molecule has 0 aromatic heterocycles. The number of anilines is 1. The number of ether oxygens (including phenoxy) is 3. The lowest BCUT2D eigenvalue weighted by atomic mass is 9.65. The van der Waals surface area contributed by atoms with E-state index >= 15 is 19.2 Å². The van der Waals surface area contributed by atoms with Gasteiger partial charge in [-0.1, -0.05) is 151 Å². The van der Waals surface area contributed by atoms with Gasteiger partial charge in [0.15, 0.2) is 0 Å². The van der Waals surface area contributed by atoms with Crippen molar-refractivity contribution in [2.24, 2.45) is 5.92 Å². The normalized spacial score (nSPS) is 21.6. The number of benzene rings is 7. The van der Waals surface area contributed by atoms with Crippen molar-refractivity contribution in [3.8, 4) is 23.3 Å². The Bertz CT molecular complexity index is 3220. The molecule has 4 amide bonds. The monoisotopic (exact) mass is 986 g/mol. The van der Waals surface area contributed by atoms with Gasteiger partial charge in [0, 0.05) is 23.2 Å². The fourth-order valence-corrected chi connectivity index (χ4v) is 10.9. The molecule has 0 saturated carbocycles. The van der Waals surface area contributed by atoms with Gasteiger partial charge in [0.25, 0.3) is 0 Å². The summed E-state index contributed by atoms with van der Waals surface area (Å²) in [5.41, 5.74) is 2.50. The highest BCUT2D eigenvalue weighted by atomic mass is 16.6. The van der Waals surface area contributed by atoms with E-state index in [1.54, 1.807) is 86.0 Å². The van der Waals surface area contributed by atoms with Crippen LogP contribution in [0.4, 0.5) is 10.5 Å². The zero-order valence-corrected chi connectivity index (χ0v) is 40.7. The molecule has 3 aliphatic heterocycles. The quantitative estimate of drug-likeness (QED) is 0.0651. The van der Waals surface area contributed by atoms with Crippen molar-refractivity contribution in [1.29, 1.82) is 0 Å². The lowest BCUT2D eigenvalue weighted by Crippen LogP contribution is -2.56. The summed E-state index contributed by atoms with van der Waals surface area (Å²) in [5.74, 6) is 3.46. The van der Waals surface area contributed by atoms with Gasteiger partial charge in [0.05, 0.1) is 49.6 Å². The summed E-state index contributed by atoms with van der Waals surface area (Å²) in [5, 5.41) is 27.8. The van der Waals surface area contributed by atoms with Gasteiger partial charge in [0.2, 0.25) is 11.8 Å². The van der Waals surface area contributed by atoms with Crippen molar-refractivity contribution in [3.05, 3.63) is 233 Å². The minimum Gasteiger partial charge on any atom is -0.497 e. The Hall–Kier alpha value is -8.54. The number of cyclic esters (lactones) is 1. The van der Waals surface area contributed by atoms with E-state index in [0.29, 0.717) is 39.1 Å². The Morgan fingerprint density at radius 3 is 1.99 bits per heavy atom. The van der Waals surface area contributed by atoms with Crippen LogP contribution in [0.3, 0.4) is 0 Å². The number of fused-ring (bicyclic) bond motifs is 3. The highest BCUT2D eigenvalue weighted by molar-refractivity contribution is 6.24. The van der Waals surface area contributed by atoms with Crippen LogP contribution in [-0.2, 0) is 24.5 Å². The number of carbonyl (C=O) groups is 4. The number of aliphatic hydroxyl groups excluding tert-OH is 2. The van der Waals surface area contributed by atoms with Gasteiger partial charge in [0.1, 0.15) is 35.7 Å². The first kappa shape index (κ1) is 49.1. The topological polar surface area (TPSA) is 167 Å². The van der Waals surface area contributed by atoms with Gasteiger partial charge in [-0.05, 0) is 83.3 Å². The summed E-state index contributed by atoms with van der Waals surface area (Å²) < 4.78 is 18.4. The maximum atomic E-state index is 16.9. The van der Waals surface area contributed by atoms with Crippen molar-refractivity contribution in [1.82, 2.24) is 15.5 Å². The zero-order chi connectivity index (χ0) is 51.3. The first-order valence-corrected chi connectivity index (χ1v) is 24.6. The third-order valence-electron chi connectivity index (χ3n) is 14.2. The molecule has 13 heteroatoms.